The minimum atomic E-state index is -0.466. The van der Waals surface area contributed by atoms with Gasteiger partial charge in [-0.3, -0.25) is 0 Å². The van der Waals surface area contributed by atoms with E-state index in [0.29, 0.717) is 13.2 Å². The molecule has 1 aromatic carbocycles. The Bertz CT molecular complexity index is 304. The van der Waals surface area contributed by atoms with Gasteiger partial charge in [-0.25, -0.2) is 0 Å². The van der Waals surface area contributed by atoms with E-state index in [-0.39, 0.29) is 0 Å². The fourth-order valence-corrected chi connectivity index (χ4v) is 1.62. The van der Waals surface area contributed by atoms with Crippen molar-refractivity contribution in [3.05, 3.63) is 28.7 Å². The number of benzene rings is 1. The number of aliphatic hydroxyl groups is 1. The molecule has 1 rings (SSSR count). The first-order valence-electron chi connectivity index (χ1n) is 4.79. The van der Waals surface area contributed by atoms with Crippen molar-refractivity contribution >= 4 is 15.9 Å². The van der Waals surface area contributed by atoms with Crippen LogP contribution in [0.2, 0.25) is 0 Å². The number of halogens is 1. The van der Waals surface area contributed by atoms with Crippen molar-refractivity contribution in [2.45, 2.75) is 6.10 Å². The average molecular weight is 274 g/mol. The number of hydrogen-bond donors (Lipinski definition) is 1. The highest BCUT2D eigenvalue weighted by Gasteiger charge is 2.07. The second-order valence-electron chi connectivity index (χ2n) is 3.66. The Morgan fingerprint density at radius 3 is 2.67 bits per heavy atom. The molecule has 0 fully saturated rings. The molecule has 0 radical (unpaired) electrons. The summed E-state index contributed by atoms with van der Waals surface area (Å²) in [4.78, 5) is 1.92. The van der Waals surface area contributed by atoms with Gasteiger partial charge in [-0.05, 0) is 42.2 Å². The summed E-state index contributed by atoms with van der Waals surface area (Å²) in [5, 5.41) is 9.59. The molecular formula is C11H16BrNO2. The Morgan fingerprint density at radius 1 is 1.40 bits per heavy atom. The number of likely N-dealkylation sites (N-methyl/N-ethyl adjacent to an activating group) is 1. The summed E-state index contributed by atoms with van der Waals surface area (Å²) in [7, 11) is 3.84. The van der Waals surface area contributed by atoms with E-state index in [2.05, 4.69) is 15.9 Å². The third kappa shape index (κ3) is 4.64. The number of ether oxygens (including phenoxy) is 1. The molecule has 0 saturated heterocycles. The second kappa shape index (κ2) is 6.10. The van der Waals surface area contributed by atoms with Crippen molar-refractivity contribution in [2.75, 3.05) is 27.2 Å². The van der Waals surface area contributed by atoms with Crippen molar-refractivity contribution in [1.29, 1.82) is 0 Å². The zero-order chi connectivity index (χ0) is 11.3. The number of rotatable bonds is 5. The maximum Gasteiger partial charge on any atom is 0.133 e. The van der Waals surface area contributed by atoms with Gasteiger partial charge in [-0.15, -0.1) is 0 Å². The molecule has 0 spiro atoms. The fourth-order valence-electron chi connectivity index (χ4n) is 1.22. The highest BCUT2D eigenvalue weighted by atomic mass is 79.9. The summed E-state index contributed by atoms with van der Waals surface area (Å²) >= 11 is 3.38. The molecular weight excluding hydrogens is 258 g/mol. The Balaban J connectivity index is 2.40. The zero-order valence-electron chi connectivity index (χ0n) is 8.98. The minimum Gasteiger partial charge on any atom is -0.490 e. The topological polar surface area (TPSA) is 32.7 Å². The predicted molar refractivity (Wildman–Crippen MR) is 64.2 cm³/mol. The van der Waals surface area contributed by atoms with E-state index in [1.165, 1.54) is 0 Å². The van der Waals surface area contributed by atoms with Crippen LogP contribution in [-0.4, -0.2) is 43.4 Å². The lowest BCUT2D eigenvalue weighted by Crippen LogP contribution is -2.30. The first kappa shape index (κ1) is 12.5. The normalized spacial score (nSPS) is 12.9. The number of hydrogen-bond acceptors (Lipinski definition) is 3. The standard InChI is InChI=1S/C11H16BrNO2/c1-13(2)7-9(14)8-15-11-6-4-3-5-10(11)12/h3-6,9,14H,7-8H2,1-2H3/t9-/m0/s1. The van der Waals surface area contributed by atoms with E-state index in [9.17, 15) is 5.11 Å². The van der Waals surface area contributed by atoms with Crippen LogP contribution in [0, 0.1) is 0 Å². The van der Waals surface area contributed by atoms with E-state index in [1.807, 2.05) is 43.3 Å². The summed E-state index contributed by atoms with van der Waals surface area (Å²) in [6.07, 6.45) is -0.466. The van der Waals surface area contributed by atoms with E-state index in [4.69, 9.17) is 4.74 Å². The first-order chi connectivity index (χ1) is 7.09. The number of aliphatic hydroxyl groups excluding tert-OH is 1. The molecule has 0 bridgehead atoms. The zero-order valence-corrected chi connectivity index (χ0v) is 10.6. The van der Waals surface area contributed by atoms with Crippen molar-refractivity contribution in [2.24, 2.45) is 0 Å². The SMILES string of the molecule is CN(C)C[C@H](O)COc1ccccc1Br. The van der Waals surface area contributed by atoms with Gasteiger partial charge >= 0.3 is 0 Å². The fraction of sp³-hybridized carbons (Fsp3) is 0.455. The Labute approximate surface area is 98.8 Å². The summed E-state index contributed by atoms with van der Waals surface area (Å²) < 4.78 is 6.38. The summed E-state index contributed by atoms with van der Waals surface area (Å²) in [6, 6.07) is 7.60. The quantitative estimate of drug-likeness (QED) is 0.888. The highest BCUT2D eigenvalue weighted by Crippen LogP contribution is 2.23. The van der Waals surface area contributed by atoms with Gasteiger partial charge in [-0.2, -0.15) is 0 Å². The van der Waals surface area contributed by atoms with Gasteiger partial charge in [0.25, 0.3) is 0 Å². The molecule has 0 amide bonds. The van der Waals surface area contributed by atoms with E-state index >= 15 is 0 Å². The van der Waals surface area contributed by atoms with Crippen LogP contribution in [0.3, 0.4) is 0 Å². The molecule has 0 heterocycles. The lowest BCUT2D eigenvalue weighted by atomic mass is 10.3. The van der Waals surface area contributed by atoms with Gasteiger partial charge in [0.2, 0.25) is 0 Å². The molecule has 0 aliphatic heterocycles. The minimum absolute atomic E-state index is 0.306. The Kier molecular flexibility index (Phi) is 5.08. The number of nitrogens with zero attached hydrogens (tertiary/aromatic N) is 1. The number of para-hydroxylation sites is 1. The van der Waals surface area contributed by atoms with Crippen LogP contribution in [-0.2, 0) is 0 Å². The van der Waals surface area contributed by atoms with Gasteiger partial charge in [-0.1, -0.05) is 12.1 Å². The van der Waals surface area contributed by atoms with Crippen LogP contribution in [0.4, 0.5) is 0 Å². The monoisotopic (exact) mass is 273 g/mol. The van der Waals surface area contributed by atoms with Crippen LogP contribution < -0.4 is 4.74 Å². The second-order valence-corrected chi connectivity index (χ2v) is 4.51. The molecule has 0 saturated carbocycles. The Morgan fingerprint density at radius 2 is 2.07 bits per heavy atom. The van der Waals surface area contributed by atoms with Crippen LogP contribution in [0.25, 0.3) is 0 Å². The van der Waals surface area contributed by atoms with Crippen molar-refractivity contribution in [3.63, 3.8) is 0 Å². The molecule has 15 heavy (non-hydrogen) atoms. The van der Waals surface area contributed by atoms with Gasteiger partial charge in [0.1, 0.15) is 18.5 Å². The molecule has 3 nitrogen and oxygen atoms in total. The molecule has 84 valence electrons. The molecule has 1 atom stereocenters. The van der Waals surface area contributed by atoms with Crippen LogP contribution in [0.1, 0.15) is 0 Å². The molecule has 1 N–H and O–H groups in total. The lowest BCUT2D eigenvalue weighted by molar-refractivity contribution is 0.0828. The van der Waals surface area contributed by atoms with Crippen molar-refractivity contribution < 1.29 is 9.84 Å². The summed E-state index contributed by atoms with van der Waals surface area (Å²) in [5.74, 6) is 0.760. The molecule has 0 aliphatic carbocycles. The molecule has 0 aromatic heterocycles. The van der Waals surface area contributed by atoms with E-state index in [1.54, 1.807) is 0 Å². The van der Waals surface area contributed by atoms with Gasteiger partial charge in [0, 0.05) is 6.54 Å². The van der Waals surface area contributed by atoms with Gasteiger partial charge < -0.3 is 14.7 Å². The van der Waals surface area contributed by atoms with E-state index < -0.39 is 6.10 Å². The van der Waals surface area contributed by atoms with Crippen LogP contribution >= 0.6 is 15.9 Å². The van der Waals surface area contributed by atoms with Gasteiger partial charge in [0.15, 0.2) is 0 Å². The Hall–Kier alpha value is -0.580. The summed E-state index contributed by atoms with van der Waals surface area (Å²) in [6.45, 7) is 0.908. The maximum absolute atomic E-state index is 9.59. The first-order valence-corrected chi connectivity index (χ1v) is 5.59. The lowest BCUT2D eigenvalue weighted by Gasteiger charge is -2.16. The van der Waals surface area contributed by atoms with Gasteiger partial charge in [0.05, 0.1) is 4.47 Å². The smallest absolute Gasteiger partial charge is 0.133 e. The molecule has 0 aliphatic rings. The van der Waals surface area contributed by atoms with E-state index in [0.717, 1.165) is 10.2 Å². The third-order valence-corrected chi connectivity index (χ3v) is 2.50. The summed E-state index contributed by atoms with van der Waals surface area (Å²) in [5.41, 5.74) is 0. The third-order valence-electron chi connectivity index (χ3n) is 1.84. The van der Waals surface area contributed by atoms with Crippen LogP contribution in [0.15, 0.2) is 28.7 Å². The van der Waals surface area contributed by atoms with Crippen molar-refractivity contribution in [1.82, 2.24) is 4.90 Å². The largest absolute Gasteiger partial charge is 0.490 e. The maximum atomic E-state index is 9.59. The molecule has 1 aromatic rings. The van der Waals surface area contributed by atoms with Crippen LogP contribution in [0.5, 0.6) is 5.75 Å². The molecule has 4 heteroatoms. The van der Waals surface area contributed by atoms with Crippen molar-refractivity contribution in [3.8, 4) is 5.75 Å². The average Bonchev–Trinajstić information content (AvgIpc) is 2.15. The highest BCUT2D eigenvalue weighted by molar-refractivity contribution is 9.10. The molecule has 0 unspecified atom stereocenters. The predicted octanol–water partition coefficient (Wildman–Crippen LogP) is 1.75.